The van der Waals surface area contributed by atoms with Crippen LogP contribution in [0.3, 0.4) is 0 Å². The summed E-state index contributed by atoms with van der Waals surface area (Å²) >= 11 is 7.18. The molecule has 4 atom stereocenters. The quantitative estimate of drug-likeness (QED) is 0.523. The molecular weight excluding hydrogens is 526 g/mol. The largest absolute Gasteiger partial charge is 0.441 e. The van der Waals surface area contributed by atoms with Gasteiger partial charge in [0, 0.05) is 37.8 Å². The third-order valence-corrected chi connectivity index (χ3v) is 12.1. The number of carbonyl (C=O) groups excluding carboxylic acids is 1. The average Bonchev–Trinajstić information content (AvgIpc) is 3.75. The van der Waals surface area contributed by atoms with Crippen molar-refractivity contribution in [2.45, 2.75) is 78.9 Å². The molecule has 5 fully saturated rings. The molecule has 2 bridgehead atoms. The van der Waals surface area contributed by atoms with Crippen LogP contribution in [-0.2, 0) is 19.5 Å². The molecule has 2 saturated carbocycles. The fourth-order valence-electron chi connectivity index (χ4n) is 6.38. The Bertz CT molecular complexity index is 1080. The van der Waals surface area contributed by atoms with Crippen molar-refractivity contribution < 1.29 is 27.8 Å². The summed E-state index contributed by atoms with van der Waals surface area (Å²) in [4.78, 5) is 17.6. The van der Waals surface area contributed by atoms with Gasteiger partial charge in [0.1, 0.15) is 9.81 Å². The highest BCUT2D eigenvalue weighted by Crippen LogP contribution is 2.50. The van der Waals surface area contributed by atoms with Gasteiger partial charge >= 0.3 is 6.09 Å². The maximum Gasteiger partial charge on any atom is 0.410 e. The molecule has 1 N–H and O–H groups in total. The maximum atomic E-state index is 13.9. The molecule has 3 saturated heterocycles. The number of aliphatic hydroxyl groups excluding tert-OH is 1. The van der Waals surface area contributed by atoms with Gasteiger partial charge in [0.25, 0.3) is 10.0 Å². The van der Waals surface area contributed by atoms with Crippen LogP contribution in [-0.4, -0.2) is 103 Å². The Labute approximate surface area is 221 Å². The molecule has 9 nitrogen and oxygen atoms in total. The number of halogens is 1. The van der Waals surface area contributed by atoms with E-state index >= 15 is 0 Å². The van der Waals surface area contributed by atoms with Crippen molar-refractivity contribution in [3.05, 3.63) is 16.5 Å². The summed E-state index contributed by atoms with van der Waals surface area (Å²) in [5.74, 6) is 0.519. The van der Waals surface area contributed by atoms with Crippen molar-refractivity contribution in [2.24, 2.45) is 5.92 Å². The monoisotopic (exact) mass is 559 g/mol. The Morgan fingerprint density at radius 3 is 2.47 bits per heavy atom. The first-order chi connectivity index (χ1) is 17.3. The van der Waals surface area contributed by atoms with Gasteiger partial charge in [-0.3, -0.25) is 9.80 Å². The van der Waals surface area contributed by atoms with Crippen LogP contribution < -0.4 is 0 Å². The van der Waals surface area contributed by atoms with Crippen LogP contribution in [0.15, 0.2) is 16.3 Å². The zero-order valence-corrected chi connectivity index (χ0v) is 22.6. The zero-order valence-electron chi connectivity index (χ0n) is 20.3. The summed E-state index contributed by atoms with van der Waals surface area (Å²) in [6.45, 7) is 2.75. The van der Waals surface area contributed by atoms with Crippen LogP contribution in [0.4, 0.5) is 4.79 Å². The normalized spacial score (nSPS) is 32.6. The van der Waals surface area contributed by atoms with Gasteiger partial charge in [-0.2, -0.15) is 4.31 Å². The van der Waals surface area contributed by atoms with Gasteiger partial charge in [0.2, 0.25) is 0 Å². The lowest BCUT2D eigenvalue weighted by atomic mass is 10.0. The van der Waals surface area contributed by atoms with Gasteiger partial charge in [-0.25, -0.2) is 13.2 Å². The van der Waals surface area contributed by atoms with Crippen molar-refractivity contribution in [1.29, 1.82) is 0 Å². The highest BCUT2D eigenvalue weighted by Gasteiger charge is 2.61. The van der Waals surface area contributed by atoms with E-state index < -0.39 is 21.7 Å². The predicted molar refractivity (Wildman–Crippen MR) is 135 cm³/mol. The number of morpholine rings is 1. The minimum Gasteiger partial charge on any atom is -0.441 e. The van der Waals surface area contributed by atoms with Gasteiger partial charge in [0.15, 0.2) is 0 Å². The summed E-state index contributed by atoms with van der Waals surface area (Å²) in [5, 5.41) is 9.33. The van der Waals surface area contributed by atoms with Gasteiger partial charge < -0.3 is 14.6 Å². The van der Waals surface area contributed by atoms with E-state index in [9.17, 15) is 18.3 Å². The number of nitrogens with zero attached hydrogens (tertiary/aromatic N) is 3. The first-order valence-electron chi connectivity index (χ1n) is 13.0. The van der Waals surface area contributed by atoms with E-state index in [2.05, 4.69) is 4.90 Å². The van der Waals surface area contributed by atoms with E-state index in [1.807, 2.05) is 4.90 Å². The number of likely N-dealkylation sites (tertiary alicyclic amines) is 1. The van der Waals surface area contributed by atoms with E-state index in [1.165, 1.54) is 0 Å². The summed E-state index contributed by atoms with van der Waals surface area (Å²) in [7, 11) is -3.83. The zero-order chi connectivity index (χ0) is 25.1. The van der Waals surface area contributed by atoms with Gasteiger partial charge in [-0.1, -0.05) is 24.4 Å². The number of aliphatic hydroxyl groups is 1. The summed E-state index contributed by atoms with van der Waals surface area (Å²) < 4.78 is 42.4. The second-order valence-electron chi connectivity index (χ2n) is 11.0. The standard InChI is InChI=1S/C24H34ClN3O6S2/c25-21-5-6-22(35-21)36(31,32)28-19(11-16-1-2-16)14-33-15-20(28)24(7-8-24)34-23(30)27-17-3-4-18(27)13-26(12-17)9-10-29/h5-6,16-20,29H,1-4,7-15H2/t17?,18?,19-,20-/m1/s1. The van der Waals surface area contributed by atoms with Crippen LogP contribution in [0, 0.1) is 5.92 Å². The minimum atomic E-state index is -3.83. The van der Waals surface area contributed by atoms with Crippen molar-refractivity contribution >= 4 is 39.1 Å². The molecular formula is C24H34ClN3O6S2. The topological polar surface area (TPSA) is 99.6 Å². The van der Waals surface area contributed by atoms with Crippen LogP contribution in [0.25, 0.3) is 0 Å². The van der Waals surface area contributed by atoms with E-state index in [1.54, 1.807) is 16.4 Å². The van der Waals surface area contributed by atoms with Crippen LogP contribution in [0.1, 0.15) is 44.9 Å². The van der Waals surface area contributed by atoms with Crippen molar-refractivity contribution in [3.63, 3.8) is 0 Å². The number of fused-ring (bicyclic) bond motifs is 2. The number of amides is 1. The van der Waals surface area contributed by atoms with Crippen LogP contribution >= 0.6 is 22.9 Å². The molecule has 2 unspecified atom stereocenters. The third-order valence-electron chi connectivity index (χ3n) is 8.46. The molecule has 0 radical (unpaired) electrons. The van der Waals surface area contributed by atoms with Gasteiger partial charge in [-0.15, -0.1) is 11.3 Å². The fraction of sp³-hybridized carbons (Fsp3) is 0.792. The molecule has 36 heavy (non-hydrogen) atoms. The molecule has 1 aromatic heterocycles. The lowest BCUT2D eigenvalue weighted by Gasteiger charge is -2.45. The highest BCUT2D eigenvalue weighted by atomic mass is 35.5. The maximum absolute atomic E-state index is 13.9. The number of sulfonamides is 1. The average molecular weight is 560 g/mol. The molecule has 1 aromatic rings. The SMILES string of the molecule is O=C(OC1([C@H]2COC[C@@H](CC3CC3)N2S(=O)(=O)c2ccc(Cl)s2)CC1)N1C2CCC1CN(CCO)C2. The number of hydrogen-bond donors (Lipinski definition) is 1. The first kappa shape index (κ1) is 25.3. The Morgan fingerprint density at radius 2 is 1.89 bits per heavy atom. The second-order valence-corrected chi connectivity index (χ2v) is 14.8. The first-order valence-corrected chi connectivity index (χ1v) is 15.7. The van der Waals surface area contributed by atoms with E-state index in [4.69, 9.17) is 21.1 Å². The van der Waals surface area contributed by atoms with Gasteiger partial charge in [-0.05, 0) is 50.2 Å². The second kappa shape index (κ2) is 9.66. The van der Waals surface area contributed by atoms with E-state index in [0.717, 1.165) is 56.5 Å². The highest BCUT2D eigenvalue weighted by molar-refractivity contribution is 7.91. The molecule has 0 aromatic carbocycles. The molecule has 200 valence electrons. The minimum absolute atomic E-state index is 0.0666. The number of β-amino-alcohol motifs (C(OH)–C–C–N with tert-alkyl or cyclic N) is 1. The Hall–Kier alpha value is -0.950. The van der Waals surface area contributed by atoms with Crippen molar-refractivity contribution in [2.75, 3.05) is 39.5 Å². The molecule has 6 rings (SSSR count). The number of carbonyl (C=O) groups is 1. The molecule has 0 spiro atoms. The molecule has 1 amide bonds. The molecule has 4 heterocycles. The molecule has 2 aliphatic carbocycles. The molecule has 12 heteroatoms. The third kappa shape index (κ3) is 4.69. The van der Waals surface area contributed by atoms with Crippen LogP contribution in [0.5, 0.6) is 0 Å². The number of piperazine rings is 1. The lowest BCUT2D eigenvalue weighted by molar-refractivity contribution is -0.0780. The predicted octanol–water partition coefficient (Wildman–Crippen LogP) is 2.77. The number of rotatable bonds is 8. The van der Waals surface area contributed by atoms with Crippen molar-refractivity contribution in [3.8, 4) is 0 Å². The number of ether oxygens (including phenoxy) is 2. The Balaban J connectivity index is 1.24. The van der Waals surface area contributed by atoms with E-state index in [0.29, 0.717) is 36.2 Å². The summed E-state index contributed by atoms with van der Waals surface area (Å²) in [6.07, 6.45) is 5.74. The fourth-order valence-corrected chi connectivity index (χ4v) is 9.82. The lowest BCUT2D eigenvalue weighted by Crippen LogP contribution is -2.62. The number of hydrogen-bond acceptors (Lipinski definition) is 8. The van der Waals surface area contributed by atoms with Gasteiger partial charge in [0.05, 0.1) is 30.2 Å². The van der Waals surface area contributed by atoms with Crippen LogP contribution in [0.2, 0.25) is 4.34 Å². The Morgan fingerprint density at radius 1 is 1.17 bits per heavy atom. The number of thiophene rings is 1. The summed E-state index contributed by atoms with van der Waals surface area (Å²) in [6, 6.07) is 2.48. The Kier molecular flexibility index (Phi) is 6.80. The van der Waals surface area contributed by atoms with E-state index in [-0.39, 0.29) is 41.6 Å². The molecule has 5 aliphatic rings. The van der Waals surface area contributed by atoms with Crippen molar-refractivity contribution in [1.82, 2.24) is 14.1 Å². The summed E-state index contributed by atoms with van der Waals surface area (Å²) in [5.41, 5.74) is -0.866. The molecule has 3 aliphatic heterocycles. The smallest absolute Gasteiger partial charge is 0.410 e.